The molecule has 94 valence electrons. The van der Waals surface area contributed by atoms with Gasteiger partial charge in [-0.3, -0.25) is 4.90 Å². The summed E-state index contributed by atoms with van der Waals surface area (Å²) in [5, 5.41) is 21.9. The Kier molecular flexibility index (Phi) is 3.54. The van der Waals surface area contributed by atoms with Gasteiger partial charge in [-0.2, -0.15) is 0 Å². The summed E-state index contributed by atoms with van der Waals surface area (Å²) in [6.45, 7) is 5.17. The van der Waals surface area contributed by atoms with E-state index in [1.807, 2.05) is 6.92 Å². The molecule has 1 saturated carbocycles. The summed E-state index contributed by atoms with van der Waals surface area (Å²) in [6, 6.07) is 1.84. The number of nitrogens with zero attached hydrogens (tertiary/aromatic N) is 1. The first-order valence-electron chi connectivity index (χ1n) is 6.33. The minimum Gasteiger partial charge on any atom is -0.394 e. The number of aliphatic hydroxyl groups excluding tert-OH is 2. The summed E-state index contributed by atoms with van der Waals surface area (Å²) in [5.74, 6) is 0. The standard InChI is InChI=1S/C12H24N2O2/c1-9-5-10(6-14(9)11-3-4-11)13-12(2,7-15)8-16/h9-11,13,15-16H,3-8H2,1-2H3. The van der Waals surface area contributed by atoms with Crippen LogP contribution in [0.15, 0.2) is 0 Å². The maximum absolute atomic E-state index is 9.26. The lowest BCUT2D eigenvalue weighted by atomic mass is 10.0. The molecule has 1 aliphatic heterocycles. The first-order valence-corrected chi connectivity index (χ1v) is 6.33. The molecule has 2 atom stereocenters. The molecule has 4 nitrogen and oxygen atoms in total. The van der Waals surface area contributed by atoms with E-state index in [9.17, 15) is 10.2 Å². The van der Waals surface area contributed by atoms with E-state index in [1.165, 1.54) is 12.8 Å². The highest BCUT2D eigenvalue weighted by Crippen LogP contribution is 2.33. The van der Waals surface area contributed by atoms with E-state index in [2.05, 4.69) is 17.1 Å². The van der Waals surface area contributed by atoms with Gasteiger partial charge >= 0.3 is 0 Å². The molecule has 3 N–H and O–H groups in total. The van der Waals surface area contributed by atoms with Gasteiger partial charge in [0.2, 0.25) is 0 Å². The fraction of sp³-hybridized carbons (Fsp3) is 1.00. The van der Waals surface area contributed by atoms with Crippen molar-refractivity contribution in [3.8, 4) is 0 Å². The second-order valence-electron chi connectivity index (χ2n) is 5.73. The highest BCUT2D eigenvalue weighted by atomic mass is 16.3. The van der Waals surface area contributed by atoms with Gasteiger partial charge in [0, 0.05) is 24.7 Å². The molecule has 0 spiro atoms. The molecule has 2 unspecified atom stereocenters. The van der Waals surface area contributed by atoms with Crippen LogP contribution in [0.3, 0.4) is 0 Å². The number of rotatable bonds is 5. The van der Waals surface area contributed by atoms with Crippen molar-refractivity contribution in [2.45, 2.75) is 56.8 Å². The SMILES string of the molecule is CC1CC(NC(C)(CO)CO)CN1C1CC1. The molecule has 0 amide bonds. The van der Waals surface area contributed by atoms with E-state index in [1.54, 1.807) is 0 Å². The lowest BCUT2D eigenvalue weighted by Gasteiger charge is -2.30. The molecule has 4 heteroatoms. The van der Waals surface area contributed by atoms with E-state index in [0.717, 1.165) is 19.0 Å². The largest absolute Gasteiger partial charge is 0.394 e. The van der Waals surface area contributed by atoms with Crippen molar-refractivity contribution in [1.82, 2.24) is 10.2 Å². The van der Waals surface area contributed by atoms with Crippen LogP contribution in [0.1, 0.15) is 33.1 Å². The third kappa shape index (κ3) is 2.56. The minimum atomic E-state index is -0.538. The van der Waals surface area contributed by atoms with Gasteiger partial charge in [0.1, 0.15) is 0 Å². The van der Waals surface area contributed by atoms with E-state index >= 15 is 0 Å². The van der Waals surface area contributed by atoms with Crippen LogP contribution in [0.5, 0.6) is 0 Å². The monoisotopic (exact) mass is 228 g/mol. The van der Waals surface area contributed by atoms with Crippen LogP contribution in [0.4, 0.5) is 0 Å². The van der Waals surface area contributed by atoms with Gasteiger partial charge in [0.25, 0.3) is 0 Å². The number of hydrogen-bond donors (Lipinski definition) is 3. The molecule has 2 rings (SSSR count). The first kappa shape index (κ1) is 12.3. The molecule has 16 heavy (non-hydrogen) atoms. The molecule has 1 saturated heterocycles. The maximum atomic E-state index is 9.26. The van der Waals surface area contributed by atoms with Crippen molar-refractivity contribution in [2.24, 2.45) is 0 Å². The van der Waals surface area contributed by atoms with Gasteiger partial charge in [-0.1, -0.05) is 0 Å². The third-order valence-corrected chi connectivity index (χ3v) is 3.89. The van der Waals surface area contributed by atoms with E-state index in [0.29, 0.717) is 12.1 Å². The summed E-state index contributed by atoms with van der Waals surface area (Å²) < 4.78 is 0. The average Bonchev–Trinajstić information content (AvgIpc) is 3.04. The Morgan fingerprint density at radius 3 is 2.44 bits per heavy atom. The Bertz CT molecular complexity index is 239. The zero-order chi connectivity index (χ0) is 11.8. The smallest absolute Gasteiger partial charge is 0.0633 e. The molecular weight excluding hydrogens is 204 g/mol. The Morgan fingerprint density at radius 2 is 1.94 bits per heavy atom. The fourth-order valence-electron chi connectivity index (χ4n) is 2.71. The normalized spacial score (nSPS) is 32.2. The highest BCUT2D eigenvalue weighted by Gasteiger charge is 2.40. The number of nitrogens with one attached hydrogen (secondary N) is 1. The second-order valence-corrected chi connectivity index (χ2v) is 5.73. The van der Waals surface area contributed by atoms with Crippen molar-refractivity contribution in [3.05, 3.63) is 0 Å². The van der Waals surface area contributed by atoms with Gasteiger partial charge < -0.3 is 15.5 Å². The van der Waals surface area contributed by atoms with Gasteiger partial charge in [-0.15, -0.1) is 0 Å². The van der Waals surface area contributed by atoms with Crippen molar-refractivity contribution < 1.29 is 10.2 Å². The van der Waals surface area contributed by atoms with Crippen molar-refractivity contribution in [2.75, 3.05) is 19.8 Å². The van der Waals surface area contributed by atoms with Gasteiger partial charge in [0.15, 0.2) is 0 Å². The summed E-state index contributed by atoms with van der Waals surface area (Å²) >= 11 is 0. The molecule has 0 aromatic heterocycles. The molecule has 0 bridgehead atoms. The number of likely N-dealkylation sites (tertiary alicyclic amines) is 1. The van der Waals surface area contributed by atoms with Crippen LogP contribution < -0.4 is 5.32 Å². The summed E-state index contributed by atoms with van der Waals surface area (Å²) in [5.41, 5.74) is -0.538. The predicted octanol–water partition coefficient (Wildman–Crippen LogP) is -0.0555. The fourth-order valence-corrected chi connectivity index (χ4v) is 2.71. The van der Waals surface area contributed by atoms with Crippen molar-refractivity contribution in [3.63, 3.8) is 0 Å². The van der Waals surface area contributed by atoms with E-state index in [-0.39, 0.29) is 13.2 Å². The maximum Gasteiger partial charge on any atom is 0.0633 e. The summed E-state index contributed by atoms with van der Waals surface area (Å²) in [4.78, 5) is 2.56. The average molecular weight is 228 g/mol. The molecule has 0 aromatic carbocycles. The van der Waals surface area contributed by atoms with Crippen LogP contribution in [-0.4, -0.2) is 58.5 Å². The van der Waals surface area contributed by atoms with Crippen LogP contribution in [0.25, 0.3) is 0 Å². The lowest BCUT2D eigenvalue weighted by molar-refractivity contribution is 0.0943. The predicted molar refractivity (Wildman–Crippen MR) is 63.3 cm³/mol. The first-order chi connectivity index (χ1) is 7.58. The quantitative estimate of drug-likeness (QED) is 0.617. The van der Waals surface area contributed by atoms with Gasteiger partial charge in [-0.05, 0) is 33.1 Å². The number of aliphatic hydroxyl groups is 2. The van der Waals surface area contributed by atoms with Gasteiger partial charge in [-0.25, -0.2) is 0 Å². The van der Waals surface area contributed by atoms with Crippen molar-refractivity contribution >= 4 is 0 Å². The Morgan fingerprint density at radius 1 is 1.31 bits per heavy atom. The van der Waals surface area contributed by atoms with Crippen LogP contribution in [0.2, 0.25) is 0 Å². The van der Waals surface area contributed by atoms with E-state index < -0.39 is 5.54 Å². The van der Waals surface area contributed by atoms with Crippen molar-refractivity contribution in [1.29, 1.82) is 0 Å². The molecule has 0 aromatic rings. The molecular formula is C12H24N2O2. The summed E-state index contributed by atoms with van der Waals surface area (Å²) in [7, 11) is 0. The Labute approximate surface area is 97.6 Å². The highest BCUT2D eigenvalue weighted by molar-refractivity contribution is 4.98. The van der Waals surface area contributed by atoms with Crippen LogP contribution >= 0.6 is 0 Å². The molecule has 2 fully saturated rings. The van der Waals surface area contributed by atoms with Crippen LogP contribution in [0, 0.1) is 0 Å². The second kappa shape index (κ2) is 4.61. The molecule has 0 radical (unpaired) electrons. The topological polar surface area (TPSA) is 55.7 Å². The van der Waals surface area contributed by atoms with Gasteiger partial charge in [0.05, 0.1) is 18.8 Å². The zero-order valence-electron chi connectivity index (χ0n) is 10.3. The Balaban J connectivity index is 1.87. The molecule has 2 aliphatic rings. The molecule has 1 heterocycles. The minimum absolute atomic E-state index is 0.0161. The summed E-state index contributed by atoms with van der Waals surface area (Å²) in [6.07, 6.45) is 3.80. The third-order valence-electron chi connectivity index (χ3n) is 3.89. The van der Waals surface area contributed by atoms with Crippen LogP contribution in [-0.2, 0) is 0 Å². The Hall–Kier alpha value is -0.160. The number of hydrogen-bond acceptors (Lipinski definition) is 4. The lowest BCUT2D eigenvalue weighted by Crippen LogP contribution is -2.54. The zero-order valence-corrected chi connectivity index (χ0v) is 10.3. The van der Waals surface area contributed by atoms with E-state index in [4.69, 9.17) is 0 Å². The molecule has 1 aliphatic carbocycles.